The van der Waals surface area contributed by atoms with E-state index < -0.39 is 0 Å². The minimum atomic E-state index is -0.335. The van der Waals surface area contributed by atoms with Crippen LogP contribution in [0.2, 0.25) is 0 Å². The fraction of sp³-hybridized carbons (Fsp3) is 0.154. The summed E-state index contributed by atoms with van der Waals surface area (Å²) in [6.45, 7) is 0. The Bertz CT molecular complexity index is 511. The van der Waals surface area contributed by atoms with E-state index in [1.165, 1.54) is 0 Å². The lowest BCUT2D eigenvalue weighted by atomic mass is 10.1. The molecule has 0 atom stereocenters. The van der Waals surface area contributed by atoms with Crippen LogP contribution in [0.1, 0.15) is 12.2 Å². The second-order valence-corrected chi connectivity index (χ2v) is 3.69. The van der Waals surface area contributed by atoms with Gasteiger partial charge in [-0.2, -0.15) is 0 Å². The molecule has 1 aromatic heterocycles. The fourth-order valence-electron chi connectivity index (χ4n) is 1.52. The van der Waals surface area contributed by atoms with E-state index in [1.807, 2.05) is 36.4 Å². The van der Waals surface area contributed by atoms with Gasteiger partial charge < -0.3 is 5.73 Å². The number of nitrogens with zero attached hydrogens (tertiary/aromatic N) is 2. The van der Waals surface area contributed by atoms with Crippen molar-refractivity contribution in [3.05, 3.63) is 48.4 Å². The number of carbonyl (C=O) groups excluding carboxylic acids is 1. The molecule has 0 saturated carbocycles. The quantitative estimate of drug-likeness (QED) is 0.861. The van der Waals surface area contributed by atoms with Crippen molar-refractivity contribution in [3.8, 4) is 11.3 Å². The van der Waals surface area contributed by atoms with E-state index in [4.69, 9.17) is 5.73 Å². The molecule has 0 aliphatic heterocycles. The highest BCUT2D eigenvalue weighted by molar-refractivity contribution is 5.73. The van der Waals surface area contributed by atoms with Gasteiger partial charge in [0.2, 0.25) is 5.91 Å². The molecular weight excluding hydrogens is 214 g/mol. The fourth-order valence-corrected chi connectivity index (χ4v) is 1.52. The Morgan fingerprint density at radius 3 is 2.65 bits per heavy atom. The highest BCUT2D eigenvalue weighted by Gasteiger charge is 2.03. The lowest BCUT2D eigenvalue weighted by molar-refractivity contribution is -0.118. The van der Waals surface area contributed by atoms with E-state index in [2.05, 4.69) is 9.97 Å². The van der Waals surface area contributed by atoms with Gasteiger partial charge >= 0.3 is 0 Å². The van der Waals surface area contributed by atoms with E-state index >= 15 is 0 Å². The number of benzene rings is 1. The molecule has 2 rings (SSSR count). The molecule has 0 unspecified atom stereocenters. The summed E-state index contributed by atoms with van der Waals surface area (Å²) in [6, 6.07) is 11.7. The summed E-state index contributed by atoms with van der Waals surface area (Å²) in [6.07, 6.45) is 2.46. The zero-order valence-electron chi connectivity index (χ0n) is 9.34. The summed E-state index contributed by atoms with van der Waals surface area (Å²) in [4.78, 5) is 19.2. The molecule has 0 bridgehead atoms. The maximum absolute atomic E-state index is 10.7. The van der Waals surface area contributed by atoms with Crippen molar-refractivity contribution in [2.45, 2.75) is 12.8 Å². The monoisotopic (exact) mass is 227 g/mol. The van der Waals surface area contributed by atoms with Crippen LogP contribution in [0.5, 0.6) is 0 Å². The largest absolute Gasteiger partial charge is 0.370 e. The molecule has 1 amide bonds. The first-order chi connectivity index (χ1) is 8.25. The Morgan fingerprint density at radius 1 is 1.18 bits per heavy atom. The van der Waals surface area contributed by atoms with Gasteiger partial charge in [0, 0.05) is 24.6 Å². The number of aryl methyl sites for hydroxylation is 1. The Labute approximate surface area is 99.5 Å². The number of primary amides is 1. The number of aromatic nitrogens is 2. The Kier molecular flexibility index (Phi) is 3.45. The van der Waals surface area contributed by atoms with Crippen LogP contribution in [0.15, 0.2) is 42.6 Å². The minimum absolute atomic E-state index is 0.276. The first-order valence-corrected chi connectivity index (χ1v) is 5.41. The lowest BCUT2D eigenvalue weighted by Crippen LogP contribution is -2.12. The highest BCUT2D eigenvalue weighted by Crippen LogP contribution is 2.15. The summed E-state index contributed by atoms with van der Waals surface area (Å²) in [5.74, 6) is 0.309. The van der Waals surface area contributed by atoms with Gasteiger partial charge in [-0.15, -0.1) is 0 Å². The molecule has 0 saturated heterocycles. The van der Waals surface area contributed by atoms with E-state index in [-0.39, 0.29) is 12.3 Å². The zero-order valence-corrected chi connectivity index (χ0v) is 9.34. The first kappa shape index (κ1) is 11.3. The van der Waals surface area contributed by atoms with Crippen LogP contribution in [-0.2, 0) is 11.2 Å². The van der Waals surface area contributed by atoms with Gasteiger partial charge in [0.05, 0.1) is 5.69 Å². The third-order valence-electron chi connectivity index (χ3n) is 2.37. The molecule has 86 valence electrons. The van der Waals surface area contributed by atoms with Crippen LogP contribution >= 0.6 is 0 Å². The standard InChI is InChI=1S/C13H13N3O/c14-12(17)6-7-13-15-9-8-11(16-13)10-4-2-1-3-5-10/h1-5,8-9H,6-7H2,(H2,14,17). The van der Waals surface area contributed by atoms with Crippen LogP contribution in [0.25, 0.3) is 11.3 Å². The summed E-state index contributed by atoms with van der Waals surface area (Å²) in [5, 5.41) is 0. The van der Waals surface area contributed by atoms with Gasteiger partial charge in [-0.05, 0) is 6.07 Å². The number of carbonyl (C=O) groups is 1. The maximum Gasteiger partial charge on any atom is 0.217 e. The first-order valence-electron chi connectivity index (χ1n) is 5.41. The molecule has 17 heavy (non-hydrogen) atoms. The van der Waals surface area contributed by atoms with Crippen molar-refractivity contribution in [2.75, 3.05) is 0 Å². The van der Waals surface area contributed by atoms with Crippen molar-refractivity contribution in [2.24, 2.45) is 5.73 Å². The van der Waals surface area contributed by atoms with Crippen LogP contribution < -0.4 is 5.73 Å². The summed E-state index contributed by atoms with van der Waals surface area (Å²) in [5.41, 5.74) is 6.99. The molecule has 2 N–H and O–H groups in total. The molecule has 1 aromatic carbocycles. The smallest absolute Gasteiger partial charge is 0.217 e. The number of hydrogen-bond acceptors (Lipinski definition) is 3. The van der Waals surface area contributed by atoms with Crippen LogP contribution in [0.3, 0.4) is 0 Å². The average molecular weight is 227 g/mol. The highest BCUT2D eigenvalue weighted by atomic mass is 16.1. The number of rotatable bonds is 4. The van der Waals surface area contributed by atoms with E-state index in [9.17, 15) is 4.79 Å². The molecule has 0 radical (unpaired) electrons. The minimum Gasteiger partial charge on any atom is -0.370 e. The van der Waals surface area contributed by atoms with Crippen LogP contribution in [-0.4, -0.2) is 15.9 Å². The second-order valence-electron chi connectivity index (χ2n) is 3.69. The van der Waals surface area contributed by atoms with E-state index in [1.54, 1.807) is 6.20 Å². The summed E-state index contributed by atoms with van der Waals surface area (Å²) < 4.78 is 0. The summed E-state index contributed by atoms with van der Waals surface area (Å²) >= 11 is 0. The van der Waals surface area contributed by atoms with Crippen molar-refractivity contribution in [3.63, 3.8) is 0 Å². The molecule has 0 aliphatic carbocycles. The Hall–Kier alpha value is -2.23. The van der Waals surface area contributed by atoms with Gasteiger partial charge in [0.15, 0.2) is 0 Å². The third kappa shape index (κ3) is 3.11. The van der Waals surface area contributed by atoms with E-state index in [0.29, 0.717) is 12.2 Å². The SMILES string of the molecule is NC(=O)CCc1nccc(-c2ccccc2)n1. The zero-order chi connectivity index (χ0) is 12.1. The van der Waals surface area contributed by atoms with Gasteiger partial charge in [-0.3, -0.25) is 4.79 Å². The van der Waals surface area contributed by atoms with Gasteiger partial charge in [-0.25, -0.2) is 9.97 Å². The predicted octanol–water partition coefficient (Wildman–Crippen LogP) is 1.56. The van der Waals surface area contributed by atoms with E-state index in [0.717, 1.165) is 11.3 Å². The Morgan fingerprint density at radius 2 is 1.94 bits per heavy atom. The van der Waals surface area contributed by atoms with Crippen molar-refractivity contribution in [1.82, 2.24) is 9.97 Å². The predicted molar refractivity (Wildman–Crippen MR) is 65.0 cm³/mol. The van der Waals surface area contributed by atoms with Gasteiger partial charge in [-0.1, -0.05) is 30.3 Å². The molecular formula is C13H13N3O. The van der Waals surface area contributed by atoms with Crippen molar-refractivity contribution in [1.29, 1.82) is 0 Å². The summed E-state index contributed by atoms with van der Waals surface area (Å²) in [7, 11) is 0. The molecule has 2 aromatic rings. The van der Waals surface area contributed by atoms with Crippen molar-refractivity contribution >= 4 is 5.91 Å². The second kappa shape index (κ2) is 5.21. The van der Waals surface area contributed by atoms with Crippen LogP contribution in [0.4, 0.5) is 0 Å². The number of nitrogens with two attached hydrogens (primary N) is 1. The lowest BCUT2D eigenvalue weighted by Gasteiger charge is -2.02. The third-order valence-corrected chi connectivity index (χ3v) is 2.37. The maximum atomic E-state index is 10.7. The molecule has 0 spiro atoms. The molecule has 4 nitrogen and oxygen atoms in total. The van der Waals surface area contributed by atoms with Gasteiger partial charge in [0.1, 0.15) is 5.82 Å². The number of amides is 1. The normalized spacial score (nSPS) is 10.1. The Balaban J connectivity index is 2.20. The molecule has 0 aliphatic rings. The van der Waals surface area contributed by atoms with Crippen LogP contribution in [0, 0.1) is 0 Å². The van der Waals surface area contributed by atoms with Crippen molar-refractivity contribution < 1.29 is 4.79 Å². The molecule has 1 heterocycles. The topological polar surface area (TPSA) is 68.9 Å². The molecule has 0 fully saturated rings. The van der Waals surface area contributed by atoms with Gasteiger partial charge in [0.25, 0.3) is 0 Å². The average Bonchev–Trinajstić information content (AvgIpc) is 2.38. The number of hydrogen-bond donors (Lipinski definition) is 1. The molecule has 4 heteroatoms.